The van der Waals surface area contributed by atoms with Crippen LogP contribution in [0.15, 0.2) is 65.9 Å². The van der Waals surface area contributed by atoms with E-state index in [-0.39, 0.29) is 5.91 Å². The molecule has 0 saturated carbocycles. The molecular weight excluding hydrogens is 286 g/mol. The molecule has 0 spiro atoms. The molecule has 4 nitrogen and oxygen atoms in total. The Balaban J connectivity index is 1.77. The van der Waals surface area contributed by atoms with E-state index in [1.165, 1.54) is 0 Å². The van der Waals surface area contributed by atoms with Crippen molar-refractivity contribution in [2.45, 2.75) is 13.3 Å². The molecule has 3 aromatic rings. The van der Waals surface area contributed by atoms with Crippen molar-refractivity contribution in [3.8, 4) is 0 Å². The molecule has 0 atom stereocenters. The number of nitrogens with one attached hydrogen (secondary N) is 1. The summed E-state index contributed by atoms with van der Waals surface area (Å²) in [4.78, 5) is 12.0. The first-order valence-electron chi connectivity index (χ1n) is 7.56. The Morgan fingerprint density at radius 3 is 2.65 bits per heavy atom. The number of hydrogen-bond donors (Lipinski definition) is 1. The molecule has 4 heteroatoms. The van der Waals surface area contributed by atoms with E-state index >= 15 is 0 Å². The standard InChI is InChI=1S/C19H19N3O/c1-14(17-11-5-8-15-7-3-4-10-18(15)17)20-21-19(23)13-16-9-6-12-22(16)2/h3-12H,13H2,1-2H3,(H,21,23). The minimum Gasteiger partial charge on any atom is -0.354 e. The van der Waals surface area contributed by atoms with Gasteiger partial charge >= 0.3 is 0 Å². The highest BCUT2D eigenvalue weighted by Crippen LogP contribution is 2.19. The van der Waals surface area contributed by atoms with Gasteiger partial charge in [-0.1, -0.05) is 42.5 Å². The van der Waals surface area contributed by atoms with Crippen LogP contribution < -0.4 is 5.43 Å². The van der Waals surface area contributed by atoms with Crippen molar-refractivity contribution in [1.29, 1.82) is 0 Å². The molecule has 0 fully saturated rings. The van der Waals surface area contributed by atoms with Crippen molar-refractivity contribution in [2.24, 2.45) is 12.1 Å². The lowest BCUT2D eigenvalue weighted by Gasteiger charge is -2.07. The lowest BCUT2D eigenvalue weighted by molar-refractivity contribution is -0.120. The number of fused-ring (bicyclic) bond motifs is 1. The highest BCUT2D eigenvalue weighted by atomic mass is 16.2. The molecule has 23 heavy (non-hydrogen) atoms. The van der Waals surface area contributed by atoms with Crippen LogP contribution in [0.1, 0.15) is 18.2 Å². The van der Waals surface area contributed by atoms with Gasteiger partial charge in [-0.25, -0.2) is 5.43 Å². The van der Waals surface area contributed by atoms with E-state index in [0.717, 1.165) is 27.7 Å². The number of aryl methyl sites for hydroxylation is 1. The van der Waals surface area contributed by atoms with Gasteiger partial charge in [0.15, 0.2) is 0 Å². The van der Waals surface area contributed by atoms with E-state index < -0.39 is 0 Å². The van der Waals surface area contributed by atoms with Gasteiger partial charge in [0, 0.05) is 24.5 Å². The van der Waals surface area contributed by atoms with Gasteiger partial charge in [-0.2, -0.15) is 5.10 Å². The van der Waals surface area contributed by atoms with Crippen molar-refractivity contribution in [3.63, 3.8) is 0 Å². The Labute approximate surface area is 135 Å². The third-order valence-corrected chi connectivity index (χ3v) is 3.92. The number of carbonyl (C=O) groups is 1. The molecule has 1 heterocycles. The SMILES string of the molecule is CC(=NNC(=O)Cc1cccn1C)c1cccc2ccccc12. The lowest BCUT2D eigenvalue weighted by Crippen LogP contribution is -2.22. The third kappa shape index (κ3) is 3.31. The number of benzene rings is 2. The van der Waals surface area contributed by atoms with Gasteiger partial charge < -0.3 is 4.57 Å². The zero-order valence-corrected chi connectivity index (χ0v) is 13.3. The zero-order valence-electron chi connectivity index (χ0n) is 13.3. The van der Waals surface area contributed by atoms with E-state index in [4.69, 9.17) is 0 Å². The van der Waals surface area contributed by atoms with E-state index in [9.17, 15) is 4.79 Å². The third-order valence-electron chi connectivity index (χ3n) is 3.92. The second kappa shape index (κ2) is 6.48. The molecule has 0 aliphatic carbocycles. The maximum atomic E-state index is 12.0. The average molecular weight is 305 g/mol. The normalized spacial score (nSPS) is 11.7. The topological polar surface area (TPSA) is 46.4 Å². The maximum Gasteiger partial charge on any atom is 0.246 e. The molecule has 0 saturated heterocycles. The number of rotatable bonds is 4. The van der Waals surface area contributed by atoms with Crippen molar-refractivity contribution in [3.05, 3.63) is 72.1 Å². The molecule has 0 unspecified atom stereocenters. The monoisotopic (exact) mass is 305 g/mol. The number of amides is 1. The van der Waals surface area contributed by atoms with Crippen molar-refractivity contribution < 1.29 is 4.79 Å². The first kappa shape index (κ1) is 15.0. The molecule has 116 valence electrons. The van der Waals surface area contributed by atoms with Crippen LogP contribution in [0.3, 0.4) is 0 Å². The summed E-state index contributed by atoms with van der Waals surface area (Å²) in [5.74, 6) is -0.119. The van der Waals surface area contributed by atoms with Crippen LogP contribution in [-0.4, -0.2) is 16.2 Å². The number of hydrogen-bond acceptors (Lipinski definition) is 2. The van der Waals surface area contributed by atoms with Crippen LogP contribution in [-0.2, 0) is 18.3 Å². The summed E-state index contributed by atoms with van der Waals surface area (Å²) < 4.78 is 1.93. The fourth-order valence-electron chi connectivity index (χ4n) is 2.63. The van der Waals surface area contributed by atoms with Crippen LogP contribution in [0.2, 0.25) is 0 Å². The minimum atomic E-state index is -0.119. The van der Waals surface area contributed by atoms with Crippen molar-refractivity contribution in [2.75, 3.05) is 0 Å². The Bertz CT molecular complexity index is 872. The molecule has 1 aromatic heterocycles. The number of nitrogens with zero attached hydrogens (tertiary/aromatic N) is 2. The summed E-state index contributed by atoms with van der Waals surface area (Å²) in [6, 6.07) is 18.1. The van der Waals surface area contributed by atoms with Crippen molar-refractivity contribution >= 4 is 22.4 Å². The number of carbonyl (C=O) groups excluding carboxylic acids is 1. The van der Waals surface area contributed by atoms with Crippen LogP contribution in [0.25, 0.3) is 10.8 Å². The van der Waals surface area contributed by atoms with Gasteiger partial charge in [0.2, 0.25) is 5.91 Å². The van der Waals surface area contributed by atoms with E-state index in [2.05, 4.69) is 28.7 Å². The van der Waals surface area contributed by atoms with Gasteiger partial charge in [0.1, 0.15) is 0 Å². The second-order valence-corrected chi connectivity index (χ2v) is 5.55. The molecule has 3 rings (SSSR count). The van der Waals surface area contributed by atoms with Gasteiger partial charge in [0.25, 0.3) is 0 Å². The predicted octanol–water partition coefficient (Wildman–Crippen LogP) is 3.26. The first-order chi connectivity index (χ1) is 11.1. The first-order valence-corrected chi connectivity index (χ1v) is 7.56. The molecule has 0 aliphatic rings. The fraction of sp³-hybridized carbons (Fsp3) is 0.158. The molecule has 1 N–H and O–H groups in total. The summed E-state index contributed by atoms with van der Waals surface area (Å²) in [6.45, 7) is 1.91. The highest BCUT2D eigenvalue weighted by Gasteiger charge is 2.07. The Hall–Kier alpha value is -2.88. The second-order valence-electron chi connectivity index (χ2n) is 5.55. The fourth-order valence-corrected chi connectivity index (χ4v) is 2.63. The zero-order chi connectivity index (χ0) is 16.2. The predicted molar refractivity (Wildman–Crippen MR) is 93.4 cm³/mol. The van der Waals surface area contributed by atoms with Crippen LogP contribution >= 0.6 is 0 Å². The van der Waals surface area contributed by atoms with Crippen molar-refractivity contribution in [1.82, 2.24) is 9.99 Å². The van der Waals surface area contributed by atoms with Crippen LogP contribution in [0, 0.1) is 0 Å². The maximum absolute atomic E-state index is 12.0. The Morgan fingerprint density at radius 1 is 1.09 bits per heavy atom. The van der Waals surface area contributed by atoms with Crippen LogP contribution in [0.4, 0.5) is 0 Å². The molecule has 1 amide bonds. The molecule has 0 radical (unpaired) electrons. The smallest absolute Gasteiger partial charge is 0.246 e. The quantitative estimate of drug-likeness (QED) is 0.583. The summed E-state index contributed by atoms with van der Waals surface area (Å²) >= 11 is 0. The summed E-state index contributed by atoms with van der Waals surface area (Å²) in [5.41, 5.74) is 5.43. The molecular formula is C19H19N3O. The number of hydrazone groups is 1. The number of aromatic nitrogens is 1. The Kier molecular flexibility index (Phi) is 4.24. The van der Waals surface area contributed by atoms with Gasteiger partial charge in [-0.3, -0.25) is 4.79 Å². The Morgan fingerprint density at radius 2 is 1.87 bits per heavy atom. The van der Waals surface area contributed by atoms with Crippen LogP contribution in [0.5, 0.6) is 0 Å². The van der Waals surface area contributed by atoms with Gasteiger partial charge in [0.05, 0.1) is 12.1 Å². The molecule has 0 aliphatic heterocycles. The summed E-state index contributed by atoms with van der Waals surface area (Å²) in [5, 5.41) is 6.56. The summed E-state index contributed by atoms with van der Waals surface area (Å²) in [7, 11) is 1.92. The average Bonchev–Trinajstić information content (AvgIpc) is 2.97. The minimum absolute atomic E-state index is 0.119. The lowest BCUT2D eigenvalue weighted by atomic mass is 10.0. The van der Waals surface area contributed by atoms with E-state index in [0.29, 0.717) is 6.42 Å². The summed E-state index contributed by atoms with van der Waals surface area (Å²) in [6.07, 6.45) is 2.24. The van der Waals surface area contributed by atoms with Gasteiger partial charge in [-0.15, -0.1) is 0 Å². The largest absolute Gasteiger partial charge is 0.354 e. The van der Waals surface area contributed by atoms with Gasteiger partial charge in [-0.05, 0) is 29.8 Å². The molecule has 2 aromatic carbocycles. The highest BCUT2D eigenvalue weighted by molar-refractivity contribution is 6.09. The van der Waals surface area contributed by atoms with E-state index in [1.54, 1.807) is 0 Å². The molecule has 0 bridgehead atoms. The van der Waals surface area contributed by atoms with E-state index in [1.807, 2.05) is 61.1 Å².